The molecule has 0 heterocycles. The van der Waals surface area contributed by atoms with Gasteiger partial charge in [0, 0.05) is 13.2 Å². The summed E-state index contributed by atoms with van der Waals surface area (Å²) >= 11 is 0. The highest BCUT2D eigenvalue weighted by Gasteiger charge is 2.24. The van der Waals surface area contributed by atoms with E-state index in [1.54, 1.807) is 30.3 Å². The van der Waals surface area contributed by atoms with E-state index in [2.05, 4.69) is 0 Å². The van der Waals surface area contributed by atoms with Gasteiger partial charge in [0.15, 0.2) is 5.78 Å². The number of rotatable bonds is 5. The van der Waals surface area contributed by atoms with Crippen molar-refractivity contribution >= 4 is 5.78 Å². The third-order valence-electron chi connectivity index (χ3n) is 3.02. The molecule has 3 nitrogen and oxygen atoms in total. The molecular formula is C16H15FO3. The van der Waals surface area contributed by atoms with Gasteiger partial charge >= 0.3 is 0 Å². The van der Waals surface area contributed by atoms with Gasteiger partial charge in [0.1, 0.15) is 17.7 Å². The molecule has 1 atom stereocenters. The van der Waals surface area contributed by atoms with Gasteiger partial charge in [-0.25, -0.2) is 4.39 Å². The Morgan fingerprint density at radius 2 is 1.80 bits per heavy atom. The molecule has 0 bridgehead atoms. The Kier molecular flexibility index (Phi) is 4.48. The van der Waals surface area contributed by atoms with Gasteiger partial charge in [0.25, 0.3) is 0 Å². The molecule has 0 aliphatic heterocycles. The SMILES string of the molecule is COc1ccc(C(=O)C(OC)c2ccccc2)c(F)c1. The molecule has 0 aliphatic rings. The minimum atomic E-state index is -0.820. The number of Topliss-reactive ketones (excluding diaryl/α,β-unsaturated/α-hetero) is 1. The first-order valence-corrected chi connectivity index (χ1v) is 6.13. The molecule has 2 aromatic carbocycles. The van der Waals surface area contributed by atoms with Crippen molar-refractivity contribution < 1.29 is 18.7 Å². The second-order valence-electron chi connectivity index (χ2n) is 4.24. The maximum Gasteiger partial charge on any atom is 0.199 e. The standard InChI is InChI=1S/C16H15FO3/c1-19-12-8-9-13(14(17)10-12)15(18)16(20-2)11-6-4-3-5-7-11/h3-10,16H,1-2H3. The fourth-order valence-corrected chi connectivity index (χ4v) is 1.99. The van der Waals surface area contributed by atoms with Gasteiger partial charge in [-0.2, -0.15) is 0 Å². The summed E-state index contributed by atoms with van der Waals surface area (Å²) in [6.45, 7) is 0. The highest BCUT2D eigenvalue weighted by Crippen LogP contribution is 2.25. The van der Waals surface area contributed by atoms with E-state index in [0.29, 0.717) is 11.3 Å². The third-order valence-corrected chi connectivity index (χ3v) is 3.02. The number of carbonyl (C=O) groups is 1. The van der Waals surface area contributed by atoms with Crippen LogP contribution in [-0.4, -0.2) is 20.0 Å². The fourth-order valence-electron chi connectivity index (χ4n) is 1.99. The van der Waals surface area contributed by atoms with Gasteiger partial charge in [0.05, 0.1) is 12.7 Å². The zero-order valence-electron chi connectivity index (χ0n) is 11.3. The summed E-state index contributed by atoms with van der Waals surface area (Å²) in [5, 5.41) is 0. The Hall–Kier alpha value is -2.20. The summed E-state index contributed by atoms with van der Waals surface area (Å²) in [6.07, 6.45) is -0.820. The van der Waals surface area contributed by atoms with Crippen LogP contribution in [0, 0.1) is 5.82 Å². The molecule has 0 saturated carbocycles. The van der Waals surface area contributed by atoms with E-state index in [4.69, 9.17) is 9.47 Å². The molecule has 0 aromatic heterocycles. The number of carbonyl (C=O) groups excluding carboxylic acids is 1. The van der Waals surface area contributed by atoms with Crippen molar-refractivity contribution in [2.24, 2.45) is 0 Å². The summed E-state index contributed by atoms with van der Waals surface area (Å²) in [4.78, 5) is 12.4. The zero-order valence-corrected chi connectivity index (χ0v) is 11.3. The zero-order chi connectivity index (χ0) is 14.5. The van der Waals surface area contributed by atoms with Crippen LogP contribution in [0.1, 0.15) is 22.0 Å². The summed E-state index contributed by atoms with van der Waals surface area (Å²) < 4.78 is 24.1. The van der Waals surface area contributed by atoms with Crippen molar-refractivity contribution in [1.29, 1.82) is 0 Å². The number of ketones is 1. The molecule has 0 spiro atoms. The van der Waals surface area contributed by atoms with E-state index in [1.165, 1.54) is 26.4 Å². The van der Waals surface area contributed by atoms with Crippen molar-refractivity contribution in [2.75, 3.05) is 14.2 Å². The lowest BCUT2D eigenvalue weighted by Gasteiger charge is -2.15. The van der Waals surface area contributed by atoms with Crippen molar-refractivity contribution in [1.82, 2.24) is 0 Å². The molecule has 1 unspecified atom stereocenters. The van der Waals surface area contributed by atoms with Crippen LogP contribution in [0.2, 0.25) is 0 Å². The molecular weight excluding hydrogens is 259 g/mol. The van der Waals surface area contributed by atoms with Crippen molar-refractivity contribution in [3.63, 3.8) is 0 Å². The second-order valence-corrected chi connectivity index (χ2v) is 4.24. The van der Waals surface area contributed by atoms with Crippen LogP contribution in [-0.2, 0) is 4.74 Å². The predicted octanol–water partition coefficient (Wildman–Crippen LogP) is 3.40. The van der Waals surface area contributed by atoms with Crippen molar-refractivity contribution in [2.45, 2.75) is 6.10 Å². The minimum Gasteiger partial charge on any atom is -0.497 e. The molecule has 20 heavy (non-hydrogen) atoms. The molecule has 2 aromatic rings. The normalized spacial score (nSPS) is 11.9. The monoisotopic (exact) mass is 274 g/mol. The number of halogens is 1. The van der Waals surface area contributed by atoms with E-state index in [0.717, 1.165) is 0 Å². The first-order valence-electron chi connectivity index (χ1n) is 6.13. The lowest BCUT2D eigenvalue weighted by molar-refractivity contribution is 0.0600. The maximum atomic E-state index is 13.9. The molecule has 0 radical (unpaired) electrons. The quantitative estimate of drug-likeness (QED) is 0.784. The van der Waals surface area contributed by atoms with Gasteiger partial charge in [-0.1, -0.05) is 30.3 Å². The lowest BCUT2D eigenvalue weighted by Crippen LogP contribution is -2.16. The average molecular weight is 274 g/mol. The number of hydrogen-bond acceptors (Lipinski definition) is 3. The molecule has 0 aliphatic carbocycles. The topological polar surface area (TPSA) is 35.5 Å². The summed E-state index contributed by atoms with van der Waals surface area (Å²) in [7, 11) is 2.87. The third kappa shape index (κ3) is 2.86. The number of methoxy groups -OCH3 is 2. The highest BCUT2D eigenvalue weighted by molar-refractivity contribution is 6.00. The van der Waals surface area contributed by atoms with E-state index in [-0.39, 0.29) is 5.56 Å². The highest BCUT2D eigenvalue weighted by atomic mass is 19.1. The van der Waals surface area contributed by atoms with Crippen LogP contribution < -0.4 is 4.74 Å². The first-order chi connectivity index (χ1) is 9.67. The Balaban J connectivity index is 2.34. The van der Waals surface area contributed by atoms with E-state index < -0.39 is 17.7 Å². The molecule has 0 fully saturated rings. The van der Waals surface area contributed by atoms with Crippen LogP contribution in [0.15, 0.2) is 48.5 Å². The number of benzene rings is 2. The fraction of sp³-hybridized carbons (Fsp3) is 0.188. The first kappa shape index (κ1) is 14.2. The molecule has 104 valence electrons. The number of hydrogen-bond donors (Lipinski definition) is 0. The van der Waals surface area contributed by atoms with Gasteiger partial charge in [-0.3, -0.25) is 4.79 Å². The van der Waals surface area contributed by atoms with E-state index in [9.17, 15) is 9.18 Å². The van der Waals surface area contributed by atoms with Gasteiger partial charge in [-0.05, 0) is 17.7 Å². The molecule has 2 rings (SSSR count). The summed E-state index contributed by atoms with van der Waals surface area (Å²) in [5.41, 5.74) is 0.678. The molecule has 0 saturated heterocycles. The van der Waals surface area contributed by atoms with Crippen molar-refractivity contribution in [3.8, 4) is 5.75 Å². The van der Waals surface area contributed by atoms with E-state index >= 15 is 0 Å². The Morgan fingerprint density at radius 1 is 1.10 bits per heavy atom. The smallest absolute Gasteiger partial charge is 0.199 e. The summed E-state index contributed by atoms with van der Waals surface area (Å²) in [5.74, 6) is -0.668. The van der Waals surface area contributed by atoms with Gasteiger partial charge in [-0.15, -0.1) is 0 Å². The maximum absolute atomic E-state index is 13.9. The minimum absolute atomic E-state index is 0.0125. The second kappa shape index (κ2) is 6.30. The van der Waals surface area contributed by atoms with E-state index in [1.807, 2.05) is 6.07 Å². The van der Waals surface area contributed by atoms with Crippen LogP contribution in [0.4, 0.5) is 4.39 Å². The van der Waals surface area contributed by atoms with Crippen LogP contribution >= 0.6 is 0 Å². The predicted molar refractivity (Wildman–Crippen MR) is 73.5 cm³/mol. The average Bonchev–Trinajstić information content (AvgIpc) is 2.48. The Bertz CT molecular complexity index is 596. The summed E-state index contributed by atoms with van der Waals surface area (Å²) in [6, 6.07) is 13.1. The Morgan fingerprint density at radius 3 is 2.35 bits per heavy atom. The lowest BCUT2D eigenvalue weighted by atomic mass is 9.99. The largest absolute Gasteiger partial charge is 0.497 e. The van der Waals surface area contributed by atoms with Crippen molar-refractivity contribution in [3.05, 3.63) is 65.5 Å². The molecule has 0 amide bonds. The van der Waals surface area contributed by atoms with Gasteiger partial charge < -0.3 is 9.47 Å². The molecule has 4 heteroatoms. The van der Waals surface area contributed by atoms with Gasteiger partial charge in [0.2, 0.25) is 0 Å². The molecule has 0 N–H and O–H groups in total. The Labute approximate surface area is 117 Å². The van der Waals surface area contributed by atoms with Crippen LogP contribution in [0.3, 0.4) is 0 Å². The van der Waals surface area contributed by atoms with Crippen LogP contribution in [0.5, 0.6) is 5.75 Å². The van der Waals surface area contributed by atoms with Crippen LogP contribution in [0.25, 0.3) is 0 Å². The number of ether oxygens (including phenoxy) is 2.